The fourth-order valence-electron chi connectivity index (χ4n) is 2.38. The first-order valence-corrected chi connectivity index (χ1v) is 8.35. The van der Waals surface area contributed by atoms with Crippen LogP contribution in [-0.2, 0) is 6.42 Å². The van der Waals surface area contributed by atoms with Gasteiger partial charge in [0, 0.05) is 15.6 Å². The zero-order valence-electron chi connectivity index (χ0n) is 11.7. The second kappa shape index (κ2) is 6.18. The van der Waals surface area contributed by atoms with Crippen molar-refractivity contribution < 1.29 is 4.74 Å². The third kappa shape index (κ3) is 3.12. The van der Waals surface area contributed by atoms with Gasteiger partial charge in [0.15, 0.2) is 0 Å². The van der Waals surface area contributed by atoms with Crippen LogP contribution in [0.15, 0.2) is 53.0 Å². The molecular formula is C17H16BrNOS. The van der Waals surface area contributed by atoms with Crippen molar-refractivity contribution in [3.05, 3.63) is 63.4 Å². The quantitative estimate of drug-likeness (QED) is 0.715. The molecule has 2 N–H and O–H groups in total. The molecule has 4 heteroatoms. The number of fused-ring (bicyclic) bond motifs is 1. The van der Waals surface area contributed by atoms with E-state index in [0.29, 0.717) is 0 Å². The van der Waals surface area contributed by atoms with Gasteiger partial charge in [0.1, 0.15) is 5.75 Å². The highest BCUT2D eigenvalue weighted by Crippen LogP contribution is 2.32. The first-order chi connectivity index (χ1) is 10.2. The zero-order valence-corrected chi connectivity index (χ0v) is 14.1. The van der Waals surface area contributed by atoms with Crippen LogP contribution in [-0.4, -0.2) is 7.11 Å². The third-order valence-corrected chi connectivity index (χ3v) is 5.35. The normalized spacial score (nSPS) is 12.5. The standard InChI is InChI=1S/C17H16BrNOS/c1-20-15-7-6-11(8-13(15)18)9-14(19)17-10-12-4-2-3-5-16(12)21-17/h2-8,10,14H,9,19H2,1H3. The number of rotatable bonds is 4. The van der Waals surface area contributed by atoms with Crippen molar-refractivity contribution in [2.24, 2.45) is 5.73 Å². The van der Waals surface area contributed by atoms with Gasteiger partial charge in [0.25, 0.3) is 0 Å². The minimum Gasteiger partial charge on any atom is -0.496 e. The molecule has 0 fully saturated rings. The fourth-order valence-corrected chi connectivity index (χ4v) is 4.03. The highest BCUT2D eigenvalue weighted by Gasteiger charge is 2.12. The number of benzene rings is 2. The van der Waals surface area contributed by atoms with Gasteiger partial charge in [-0.1, -0.05) is 24.3 Å². The average Bonchev–Trinajstić information content (AvgIpc) is 2.91. The van der Waals surface area contributed by atoms with E-state index in [9.17, 15) is 0 Å². The maximum atomic E-state index is 6.38. The van der Waals surface area contributed by atoms with Crippen molar-refractivity contribution in [2.45, 2.75) is 12.5 Å². The second-order valence-electron chi connectivity index (χ2n) is 4.97. The summed E-state index contributed by atoms with van der Waals surface area (Å²) >= 11 is 5.29. The Labute approximate surface area is 136 Å². The van der Waals surface area contributed by atoms with Crippen molar-refractivity contribution in [1.82, 2.24) is 0 Å². The minimum absolute atomic E-state index is 0.0164. The molecular weight excluding hydrogens is 346 g/mol. The van der Waals surface area contributed by atoms with Crippen LogP contribution >= 0.6 is 27.3 Å². The van der Waals surface area contributed by atoms with E-state index in [1.165, 1.54) is 20.5 Å². The van der Waals surface area contributed by atoms with Gasteiger partial charge in [-0.2, -0.15) is 0 Å². The summed E-state index contributed by atoms with van der Waals surface area (Å²) in [7, 11) is 1.67. The van der Waals surface area contributed by atoms with Crippen LogP contribution in [0.4, 0.5) is 0 Å². The zero-order chi connectivity index (χ0) is 14.8. The van der Waals surface area contributed by atoms with E-state index >= 15 is 0 Å². The molecule has 0 amide bonds. The van der Waals surface area contributed by atoms with Crippen LogP contribution in [0, 0.1) is 0 Å². The molecule has 0 bridgehead atoms. The average molecular weight is 362 g/mol. The van der Waals surface area contributed by atoms with E-state index in [1.807, 2.05) is 6.07 Å². The Balaban J connectivity index is 1.82. The van der Waals surface area contributed by atoms with E-state index in [4.69, 9.17) is 10.5 Å². The number of halogens is 1. The molecule has 2 nitrogen and oxygen atoms in total. The van der Waals surface area contributed by atoms with Crippen LogP contribution in [0.2, 0.25) is 0 Å². The van der Waals surface area contributed by atoms with Crippen LogP contribution in [0.3, 0.4) is 0 Å². The van der Waals surface area contributed by atoms with Crippen LogP contribution < -0.4 is 10.5 Å². The number of nitrogens with two attached hydrogens (primary N) is 1. The first-order valence-electron chi connectivity index (χ1n) is 6.74. The Morgan fingerprint density at radius 3 is 2.71 bits per heavy atom. The maximum absolute atomic E-state index is 6.38. The highest BCUT2D eigenvalue weighted by molar-refractivity contribution is 9.10. The van der Waals surface area contributed by atoms with Gasteiger partial charge in [-0.05, 0) is 57.6 Å². The molecule has 0 spiro atoms. The Morgan fingerprint density at radius 2 is 2.00 bits per heavy atom. The van der Waals surface area contributed by atoms with Crippen molar-refractivity contribution in [1.29, 1.82) is 0 Å². The van der Waals surface area contributed by atoms with Gasteiger partial charge >= 0.3 is 0 Å². The van der Waals surface area contributed by atoms with Crippen LogP contribution in [0.5, 0.6) is 5.75 Å². The van der Waals surface area contributed by atoms with E-state index in [-0.39, 0.29) is 6.04 Å². The molecule has 0 saturated heterocycles. The molecule has 3 aromatic rings. The second-order valence-corrected chi connectivity index (χ2v) is 6.94. The molecule has 0 radical (unpaired) electrons. The Hall–Kier alpha value is -1.36. The van der Waals surface area contributed by atoms with Gasteiger partial charge in [0.2, 0.25) is 0 Å². The summed E-state index contributed by atoms with van der Waals surface area (Å²) in [4.78, 5) is 1.23. The van der Waals surface area contributed by atoms with Crippen molar-refractivity contribution in [2.75, 3.05) is 7.11 Å². The molecule has 3 rings (SSSR count). The summed E-state index contributed by atoms with van der Waals surface area (Å²) in [6, 6.07) is 16.7. The summed E-state index contributed by atoms with van der Waals surface area (Å²) in [5.74, 6) is 0.842. The predicted molar refractivity (Wildman–Crippen MR) is 93.2 cm³/mol. The molecule has 2 aromatic carbocycles. The van der Waals surface area contributed by atoms with Gasteiger partial charge in [0.05, 0.1) is 11.6 Å². The lowest BCUT2D eigenvalue weighted by atomic mass is 10.0. The smallest absolute Gasteiger partial charge is 0.133 e. The molecule has 1 atom stereocenters. The van der Waals surface area contributed by atoms with Crippen molar-refractivity contribution in [3.63, 3.8) is 0 Å². The topological polar surface area (TPSA) is 35.2 Å². The molecule has 1 unspecified atom stereocenters. The largest absolute Gasteiger partial charge is 0.496 e. The lowest BCUT2D eigenvalue weighted by Gasteiger charge is -2.11. The van der Waals surface area contributed by atoms with Gasteiger partial charge < -0.3 is 10.5 Å². The van der Waals surface area contributed by atoms with E-state index in [2.05, 4.69) is 58.4 Å². The molecule has 0 aliphatic heterocycles. The number of methoxy groups -OCH3 is 1. The molecule has 1 heterocycles. The van der Waals surface area contributed by atoms with E-state index in [0.717, 1.165) is 16.6 Å². The SMILES string of the molecule is COc1ccc(CC(N)c2cc3ccccc3s2)cc1Br. The fraction of sp³-hybridized carbons (Fsp3) is 0.176. The van der Waals surface area contributed by atoms with Gasteiger partial charge in [-0.15, -0.1) is 11.3 Å². The Morgan fingerprint density at radius 1 is 1.19 bits per heavy atom. The Bertz CT molecular complexity index is 735. The monoisotopic (exact) mass is 361 g/mol. The summed E-state index contributed by atoms with van der Waals surface area (Å²) < 4.78 is 7.51. The number of ether oxygens (including phenoxy) is 1. The van der Waals surface area contributed by atoms with Gasteiger partial charge in [-0.3, -0.25) is 0 Å². The van der Waals surface area contributed by atoms with E-state index in [1.54, 1.807) is 18.4 Å². The molecule has 1 aromatic heterocycles. The number of hydrogen-bond acceptors (Lipinski definition) is 3. The molecule has 0 saturated carbocycles. The molecule has 0 aliphatic rings. The lowest BCUT2D eigenvalue weighted by molar-refractivity contribution is 0.412. The minimum atomic E-state index is 0.0164. The summed E-state index contributed by atoms with van der Waals surface area (Å²) in [5.41, 5.74) is 7.58. The van der Waals surface area contributed by atoms with Crippen LogP contribution in [0.1, 0.15) is 16.5 Å². The molecule has 0 aliphatic carbocycles. The number of thiophene rings is 1. The predicted octanol–water partition coefficient (Wildman–Crippen LogP) is 4.91. The van der Waals surface area contributed by atoms with Gasteiger partial charge in [-0.25, -0.2) is 0 Å². The molecule has 21 heavy (non-hydrogen) atoms. The maximum Gasteiger partial charge on any atom is 0.133 e. The van der Waals surface area contributed by atoms with Crippen molar-refractivity contribution in [3.8, 4) is 5.75 Å². The summed E-state index contributed by atoms with van der Waals surface area (Å²) in [5, 5.41) is 1.27. The first kappa shape index (κ1) is 14.6. The Kier molecular flexibility index (Phi) is 4.29. The van der Waals surface area contributed by atoms with Crippen molar-refractivity contribution >= 4 is 37.4 Å². The molecule has 108 valence electrons. The highest BCUT2D eigenvalue weighted by atomic mass is 79.9. The van der Waals surface area contributed by atoms with Crippen LogP contribution in [0.25, 0.3) is 10.1 Å². The van der Waals surface area contributed by atoms with E-state index < -0.39 is 0 Å². The lowest BCUT2D eigenvalue weighted by Crippen LogP contribution is -2.11. The third-order valence-electron chi connectivity index (χ3n) is 3.48. The number of hydrogen-bond donors (Lipinski definition) is 1. The summed E-state index contributed by atoms with van der Waals surface area (Å²) in [6.45, 7) is 0. The summed E-state index contributed by atoms with van der Waals surface area (Å²) in [6.07, 6.45) is 0.815.